The van der Waals surface area contributed by atoms with Gasteiger partial charge in [-0.25, -0.2) is 4.98 Å². The zero-order chi connectivity index (χ0) is 18.2. The van der Waals surface area contributed by atoms with Crippen LogP contribution in [0.3, 0.4) is 0 Å². The fraction of sp³-hybridized carbons (Fsp3) is 0.474. The third kappa shape index (κ3) is 4.66. The van der Waals surface area contributed by atoms with Crippen molar-refractivity contribution in [3.8, 4) is 6.07 Å². The monoisotopic (exact) mass is 341 g/mol. The van der Waals surface area contributed by atoms with Crippen LogP contribution in [0.5, 0.6) is 0 Å². The molecule has 0 radical (unpaired) electrons. The van der Waals surface area contributed by atoms with Gasteiger partial charge >= 0.3 is 0 Å². The van der Waals surface area contributed by atoms with Crippen molar-refractivity contribution in [3.63, 3.8) is 0 Å². The highest BCUT2D eigenvalue weighted by molar-refractivity contribution is 5.91. The highest BCUT2D eigenvalue weighted by atomic mass is 16.3. The van der Waals surface area contributed by atoms with E-state index in [0.29, 0.717) is 24.2 Å². The molecule has 1 amide bonds. The quantitative estimate of drug-likeness (QED) is 0.697. The van der Waals surface area contributed by atoms with Gasteiger partial charge in [0, 0.05) is 25.9 Å². The molecule has 0 saturated heterocycles. The van der Waals surface area contributed by atoms with Crippen molar-refractivity contribution < 1.29 is 14.0 Å². The first-order valence-electron chi connectivity index (χ1n) is 8.66. The van der Waals surface area contributed by atoms with Gasteiger partial charge in [0.1, 0.15) is 5.52 Å². The number of hydrogen-bond acceptors (Lipinski definition) is 5. The summed E-state index contributed by atoms with van der Waals surface area (Å²) in [4.78, 5) is 30.7. The van der Waals surface area contributed by atoms with Crippen LogP contribution < -0.4 is 0 Å². The zero-order valence-corrected chi connectivity index (χ0v) is 14.7. The second kappa shape index (κ2) is 8.97. The summed E-state index contributed by atoms with van der Waals surface area (Å²) in [5.41, 5.74) is 1.15. The van der Waals surface area contributed by atoms with Gasteiger partial charge in [0.15, 0.2) is 17.3 Å². The number of oxazole rings is 1. The minimum atomic E-state index is -1.08. The predicted molar refractivity (Wildman–Crippen MR) is 93.8 cm³/mol. The van der Waals surface area contributed by atoms with Crippen LogP contribution in [0.1, 0.15) is 51.3 Å². The summed E-state index contributed by atoms with van der Waals surface area (Å²) in [6.45, 7) is 5.40. The molecule has 1 atom stereocenters. The molecule has 2 rings (SSSR count). The third-order valence-electron chi connectivity index (χ3n) is 3.93. The van der Waals surface area contributed by atoms with Crippen molar-refractivity contribution in [2.45, 2.75) is 45.4 Å². The van der Waals surface area contributed by atoms with E-state index in [2.05, 4.69) is 4.98 Å². The molecule has 0 N–H and O–H groups in total. The Kier molecular flexibility index (Phi) is 6.70. The first kappa shape index (κ1) is 18.7. The fourth-order valence-corrected chi connectivity index (χ4v) is 2.71. The number of Topliss-reactive ketones (excluding diaryl/α,β-unsaturated/α-hetero) is 1. The average molecular weight is 341 g/mol. The van der Waals surface area contributed by atoms with Gasteiger partial charge in [0.05, 0.1) is 6.07 Å². The molecule has 0 aliphatic carbocycles. The number of nitriles is 1. The van der Waals surface area contributed by atoms with Crippen LogP contribution in [0, 0.1) is 11.3 Å². The average Bonchev–Trinajstić information content (AvgIpc) is 3.03. The van der Waals surface area contributed by atoms with Crippen LogP contribution in [0.15, 0.2) is 28.7 Å². The van der Waals surface area contributed by atoms with Crippen molar-refractivity contribution in [3.05, 3.63) is 30.2 Å². The maximum absolute atomic E-state index is 12.4. The number of carbonyl (C=O) groups excluding carboxylic acids is 2. The Morgan fingerprint density at radius 2 is 1.88 bits per heavy atom. The fourth-order valence-electron chi connectivity index (χ4n) is 2.71. The molecule has 0 saturated carbocycles. The number of rotatable bonds is 9. The molecule has 0 aliphatic heterocycles. The molecule has 6 nitrogen and oxygen atoms in total. The summed E-state index contributed by atoms with van der Waals surface area (Å²) in [5.74, 6) is -1.37. The van der Waals surface area contributed by atoms with E-state index >= 15 is 0 Å². The number of amides is 1. The van der Waals surface area contributed by atoms with E-state index in [1.165, 1.54) is 0 Å². The van der Waals surface area contributed by atoms with E-state index in [1.807, 2.05) is 26.0 Å². The summed E-state index contributed by atoms with van der Waals surface area (Å²) >= 11 is 0. The Morgan fingerprint density at radius 1 is 1.20 bits per heavy atom. The van der Waals surface area contributed by atoms with Gasteiger partial charge in [-0.1, -0.05) is 26.0 Å². The highest BCUT2D eigenvalue weighted by Gasteiger charge is 2.26. The van der Waals surface area contributed by atoms with Crippen LogP contribution in [0.2, 0.25) is 0 Å². The number of carbonyl (C=O) groups is 2. The second-order valence-electron chi connectivity index (χ2n) is 5.93. The van der Waals surface area contributed by atoms with Gasteiger partial charge in [-0.3, -0.25) is 9.59 Å². The van der Waals surface area contributed by atoms with E-state index in [4.69, 9.17) is 4.42 Å². The van der Waals surface area contributed by atoms with Gasteiger partial charge in [-0.15, -0.1) is 0 Å². The number of benzene rings is 1. The van der Waals surface area contributed by atoms with Crippen LogP contribution in [0.25, 0.3) is 11.1 Å². The first-order chi connectivity index (χ1) is 12.1. The van der Waals surface area contributed by atoms with Gasteiger partial charge in [0.25, 0.3) is 0 Å². The smallest absolute Gasteiger partial charge is 0.223 e. The molecule has 1 aromatic carbocycles. The molecule has 2 aromatic rings. The highest BCUT2D eigenvalue weighted by Crippen LogP contribution is 2.23. The summed E-state index contributed by atoms with van der Waals surface area (Å²) in [7, 11) is 0. The Bertz CT molecular complexity index is 737. The van der Waals surface area contributed by atoms with Crippen molar-refractivity contribution in [2.24, 2.45) is 0 Å². The zero-order valence-electron chi connectivity index (χ0n) is 14.7. The molecule has 0 spiro atoms. The lowest BCUT2D eigenvalue weighted by Gasteiger charge is -2.21. The number of hydrogen-bond donors (Lipinski definition) is 0. The first-order valence-corrected chi connectivity index (χ1v) is 8.66. The number of ketones is 1. The number of nitrogens with zero attached hydrogens (tertiary/aromatic N) is 3. The van der Waals surface area contributed by atoms with Crippen LogP contribution in [-0.2, 0) is 9.59 Å². The minimum Gasteiger partial charge on any atom is -0.439 e. The summed E-state index contributed by atoms with van der Waals surface area (Å²) in [6.07, 6.45) is 1.88. The van der Waals surface area contributed by atoms with Gasteiger partial charge in [-0.05, 0) is 25.0 Å². The Labute approximate surface area is 147 Å². The van der Waals surface area contributed by atoms with Crippen molar-refractivity contribution in [1.82, 2.24) is 9.88 Å². The van der Waals surface area contributed by atoms with Crippen LogP contribution in [0.4, 0.5) is 0 Å². The molecule has 0 fully saturated rings. The molecule has 25 heavy (non-hydrogen) atoms. The molecular formula is C19H23N3O3. The maximum atomic E-state index is 12.4. The van der Waals surface area contributed by atoms with Crippen molar-refractivity contribution in [1.29, 1.82) is 5.26 Å². The van der Waals surface area contributed by atoms with E-state index < -0.39 is 5.92 Å². The van der Waals surface area contributed by atoms with E-state index in [0.717, 1.165) is 12.8 Å². The lowest BCUT2D eigenvalue weighted by atomic mass is 10.0. The van der Waals surface area contributed by atoms with E-state index in [-0.39, 0.29) is 30.4 Å². The largest absolute Gasteiger partial charge is 0.439 e. The second-order valence-corrected chi connectivity index (χ2v) is 5.93. The standard InChI is InChI=1S/C19H23N3O3/c1-3-11-22(12-4-2)18(24)10-9-16(23)14(13-20)19-21-15-7-5-6-8-17(15)25-19/h5-8,14H,3-4,9-12H2,1-2H3/t14-/m1/s1. The van der Waals surface area contributed by atoms with Crippen molar-refractivity contribution in [2.75, 3.05) is 13.1 Å². The van der Waals surface area contributed by atoms with Crippen LogP contribution >= 0.6 is 0 Å². The Balaban J connectivity index is 2.02. The minimum absolute atomic E-state index is 0.0136. The molecule has 132 valence electrons. The Morgan fingerprint density at radius 3 is 2.48 bits per heavy atom. The predicted octanol–water partition coefficient (Wildman–Crippen LogP) is 3.43. The summed E-state index contributed by atoms with van der Waals surface area (Å²) in [6, 6.07) is 9.06. The van der Waals surface area contributed by atoms with E-state index in [9.17, 15) is 14.9 Å². The number of aromatic nitrogens is 1. The third-order valence-corrected chi connectivity index (χ3v) is 3.93. The topological polar surface area (TPSA) is 87.2 Å². The summed E-state index contributed by atoms with van der Waals surface area (Å²) < 4.78 is 5.52. The van der Waals surface area contributed by atoms with Gasteiger partial charge < -0.3 is 9.32 Å². The SMILES string of the molecule is CCCN(CCC)C(=O)CCC(=O)[C@@H](C#N)c1nc2ccccc2o1. The van der Waals surface area contributed by atoms with Gasteiger partial charge in [0.2, 0.25) is 11.8 Å². The molecule has 1 heterocycles. The molecular weight excluding hydrogens is 318 g/mol. The lowest BCUT2D eigenvalue weighted by molar-refractivity contribution is -0.133. The Hall–Kier alpha value is -2.68. The van der Waals surface area contributed by atoms with E-state index in [1.54, 1.807) is 23.1 Å². The lowest BCUT2D eigenvalue weighted by Crippen LogP contribution is -2.32. The van der Waals surface area contributed by atoms with Gasteiger partial charge in [-0.2, -0.15) is 5.26 Å². The normalized spacial score (nSPS) is 11.9. The molecule has 0 aliphatic rings. The van der Waals surface area contributed by atoms with Crippen LogP contribution in [-0.4, -0.2) is 34.7 Å². The number of fused-ring (bicyclic) bond motifs is 1. The molecule has 0 unspecified atom stereocenters. The molecule has 0 bridgehead atoms. The molecule has 6 heteroatoms. The maximum Gasteiger partial charge on any atom is 0.223 e. The molecule has 1 aromatic heterocycles. The van der Waals surface area contributed by atoms with Crippen molar-refractivity contribution >= 4 is 22.8 Å². The summed E-state index contributed by atoms with van der Waals surface area (Å²) in [5, 5.41) is 9.35. The number of para-hydroxylation sites is 2.